The molecule has 4 nitrogen and oxygen atoms in total. The molecule has 1 heterocycles. The van der Waals surface area contributed by atoms with Gasteiger partial charge in [-0.25, -0.2) is 0 Å². The van der Waals surface area contributed by atoms with Crippen molar-refractivity contribution in [2.45, 2.75) is 25.9 Å². The Hall–Kier alpha value is -2.04. The number of hydrogen-bond acceptors (Lipinski definition) is 3. The van der Waals surface area contributed by atoms with E-state index in [1.54, 1.807) is 7.11 Å². The van der Waals surface area contributed by atoms with Gasteiger partial charge in [0.05, 0.1) is 19.7 Å². The van der Waals surface area contributed by atoms with Crippen LogP contribution in [0, 0.1) is 0 Å². The fourth-order valence-electron chi connectivity index (χ4n) is 3.18. The number of carbonyl (C=O) groups excluding carboxylic acids is 1. The predicted octanol–water partition coefficient (Wildman–Crippen LogP) is 3.58. The smallest absolute Gasteiger partial charge is 0.234 e. The third kappa shape index (κ3) is 4.53. The highest BCUT2D eigenvalue weighted by molar-refractivity contribution is 6.30. The van der Waals surface area contributed by atoms with Crippen molar-refractivity contribution < 1.29 is 9.53 Å². The van der Waals surface area contributed by atoms with Gasteiger partial charge >= 0.3 is 0 Å². The molecule has 1 N–H and O–H groups in total. The molecule has 5 heteroatoms. The van der Waals surface area contributed by atoms with Gasteiger partial charge in [0.15, 0.2) is 0 Å². The van der Waals surface area contributed by atoms with E-state index in [9.17, 15) is 4.79 Å². The Balaban J connectivity index is 1.57. The Morgan fingerprint density at radius 3 is 2.72 bits per heavy atom. The molecule has 132 valence electrons. The maximum absolute atomic E-state index is 12.4. The summed E-state index contributed by atoms with van der Waals surface area (Å²) >= 11 is 5.91. The molecular formula is C20H23ClN2O2. The number of benzene rings is 2. The summed E-state index contributed by atoms with van der Waals surface area (Å²) < 4.78 is 5.30. The lowest BCUT2D eigenvalue weighted by molar-refractivity contribution is -0.123. The third-order valence-electron chi connectivity index (χ3n) is 4.62. The van der Waals surface area contributed by atoms with E-state index in [2.05, 4.69) is 22.3 Å². The number of ether oxygens (including phenoxy) is 1. The van der Waals surface area contributed by atoms with Crippen LogP contribution >= 0.6 is 11.6 Å². The summed E-state index contributed by atoms with van der Waals surface area (Å²) in [4.78, 5) is 14.6. The molecule has 0 bridgehead atoms. The van der Waals surface area contributed by atoms with E-state index < -0.39 is 0 Å². The summed E-state index contributed by atoms with van der Waals surface area (Å²) in [5, 5.41) is 3.76. The standard InChI is InChI=1S/C20H23ClN2O2/c1-14(15-3-6-18(21)7-4-15)22-20(24)13-23-10-9-16-5-8-19(25-2)11-17(16)12-23/h3-8,11,14H,9-10,12-13H2,1-2H3,(H,22,24). The first-order valence-electron chi connectivity index (χ1n) is 8.48. The van der Waals surface area contributed by atoms with Crippen molar-refractivity contribution in [3.8, 4) is 5.75 Å². The quantitative estimate of drug-likeness (QED) is 0.888. The van der Waals surface area contributed by atoms with Crippen LogP contribution in [0.25, 0.3) is 0 Å². The Morgan fingerprint density at radius 1 is 1.24 bits per heavy atom. The molecular weight excluding hydrogens is 336 g/mol. The minimum Gasteiger partial charge on any atom is -0.497 e. The number of rotatable bonds is 5. The normalized spacial score (nSPS) is 15.3. The van der Waals surface area contributed by atoms with Gasteiger partial charge in [0.2, 0.25) is 5.91 Å². The number of nitrogens with zero attached hydrogens (tertiary/aromatic N) is 1. The number of halogens is 1. The van der Waals surface area contributed by atoms with Crippen molar-refractivity contribution in [2.24, 2.45) is 0 Å². The second kappa shape index (κ2) is 7.89. The highest BCUT2D eigenvalue weighted by atomic mass is 35.5. The third-order valence-corrected chi connectivity index (χ3v) is 4.87. The minimum atomic E-state index is -0.0399. The fraction of sp³-hybridized carbons (Fsp3) is 0.350. The van der Waals surface area contributed by atoms with E-state index in [1.807, 2.05) is 37.3 Å². The molecule has 0 fully saturated rings. The molecule has 0 aromatic heterocycles. The largest absolute Gasteiger partial charge is 0.497 e. The van der Waals surface area contributed by atoms with E-state index in [0.717, 1.165) is 30.8 Å². The average Bonchev–Trinajstić information content (AvgIpc) is 2.61. The monoisotopic (exact) mass is 358 g/mol. The molecule has 0 aliphatic carbocycles. The highest BCUT2D eigenvalue weighted by Crippen LogP contribution is 2.23. The molecule has 0 radical (unpaired) electrons. The van der Waals surface area contributed by atoms with Crippen LogP contribution in [0.1, 0.15) is 29.7 Å². The molecule has 25 heavy (non-hydrogen) atoms. The first-order chi connectivity index (χ1) is 12.0. The van der Waals surface area contributed by atoms with Crippen molar-refractivity contribution in [1.82, 2.24) is 10.2 Å². The van der Waals surface area contributed by atoms with Crippen LogP contribution in [0.5, 0.6) is 5.75 Å². The summed E-state index contributed by atoms with van der Waals surface area (Å²) in [5.41, 5.74) is 3.63. The number of amides is 1. The minimum absolute atomic E-state index is 0.0359. The van der Waals surface area contributed by atoms with Crippen LogP contribution in [-0.2, 0) is 17.8 Å². The van der Waals surface area contributed by atoms with Gasteiger partial charge in [-0.3, -0.25) is 9.69 Å². The molecule has 2 aromatic carbocycles. The number of carbonyl (C=O) groups is 1. The molecule has 0 saturated heterocycles. The van der Waals surface area contributed by atoms with Crippen LogP contribution < -0.4 is 10.1 Å². The van der Waals surface area contributed by atoms with Gasteiger partial charge in [-0.1, -0.05) is 29.8 Å². The van der Waals surface area contributed by atoms with Gasteiger partial charge in [0.1, 0.15) is 5.75 Å². The topological polar surface area (TPSA) is 41.6 Å². The van der Waals surface area contributed by atoms with Crippen LogP contribution in [0.2, 0.25) is 5.02 Å². The van der Waals surface area contributed by atoms with E-state index in [0.29, 0.717) is 11.6 Å². The molecule has 0 spiro atoms. The second-order valence-electron chi connectivity index (χ2n) is 6.44. The first-order valence-corrected chi connectivity index (χ1v) is 8.86. The maximum Gasteiger partial charge on any atom is 0.234 e. The van der Waals surface area contributed by atoms with Gasteiger partial charge in [0.25, 0.3) is 0 Å². The zero-order valence-electron chi connectivity index (χ0n) is 14.6. The Labute approximate surface area is 153 Å². The van der Waals surface area contributed by atoms with Crippen molar-refractivity contribution >= 4 is 17.5 Å². The maximum atomic E-state index is 12.4. The van der Waals surface area contributed by atoms with E-state index >= 15 is 0 Å². The van der Waals surface area contributed by atoms with Crippen LogP contribution in [0.3, 0.4) is 0 Å². The molecule has 2 aromatic rings. The van der Waals surface area contributed by atoms with Crippen LogP contribution in [0.4, 0.5) is 0 Å². The first kappa shape index (κ1) is 17.8. The van der Waals surface area contributed by atoms with Crippen molar-refractivity contribution in [1.29, 1.82) is 0 Å². The van der Waals surface area contributed by atoms with Crippen molar-refractivity contribution in [2.75, 3.05) is 20.2 Å². The molecule has 1 atom stereocenters. The van der Waals surface area contributed by atoms with E-state index in [1.165, 1.54) is 11.1 Å². The summed E-state index contributed by atoms with van der Waals surface area (Å²) in [7, 11) is 1.67. The summed E-state index contributed by atoms with van der Waals surface area (Å²) in [5.74, 6) is 0.898. The molecule has 1 aliphatic rings. The number of nitrogens with one attached hydrogen (secondary N) is 1. The molecule has 1 amide bonds. The van der Waals surface area contributed by atoms with Gasteiger partial charge in [0, 0.05) is 18.1 Å². The molecule has 1 aliphatic heterocycles. The molecule has 3 rings (SSSR count). The second-order valence-corrected chi connectivity index (χ2v) is 6.87. The zero-order chi connectivity index (χ0) is 17.8. The Morgan fingerprint density at radius 2 is 2.00 bits per heavy atom. The zero-order valence-corrected chi connectivity index (χ0v) is 15.3. The molecule has 0 saturated carbocycles. The number of fused-ring (bicyclic) bond motifs is 1. The fourth-order valence-corrected chi connectivity index (χ4v) is 3.30. The average molecular weight is 359 g/mol. The lowest BCUT2D eigenvalue weighted by atomic mass is 9.99. The number of hydrogen-bond donors (Lipinski definition) is 1. The van der Waals surface area contributed by atoms with E-state index in [-0.39, 0.29) is 11.9 Å². The highest BCUT2D eigenvalue weighted by Gasteiger charge is 2.20. The van der Waals surface area contributed by atoms with Gasteiger partial charge in [-0.05, 0) is 54.3 Å². The lowest BCUT2D eigenvalue weighted by Gasteiger charge is -2.29. The van der Waals surface area contributed by atoms with Crippen molar-refractivity contribution in [3.05, 3.63) is 64.2 Å². The van der Waals surface area contributed by atoms with E-state index in [4.69, 9.17) is 16.3 Å². The van der Waals surface area contributed by atoms with Gasteiger partial charge in [-0.2, -0.15) is 0 Å². The van der Waals surface area contributed by atoms with Gasteiger partial charge < -0.3 is 10.1 Å². The predicted molar refractivity (Wildman–Crippen MR) is 100.0 cm³/mol. The molecule has 1 unspecified atom stereocenters. The summed E-state index contributed by atoms with van der Waals surface area (Å²) in [6, 6.07) is 13.7. The summed E-state index contributed by atoms with van der Waals surface area (Å²) in [6.07, 6.45) is 0.958. The van der Waals surface area contributed by atoms with Gasteiger partial charge in [-0.15, -0.1) is 0 Å². The Kier molecular flexibility index (Phi) is 5.61. The number of methoxy groups -OCH3 is 1. The summed E-state index contributed by atoms with van der Waals surface area (Å²) in [6.45, 7) is 4.05. The van der Waals surface area contributed by atoms with Crippen molar-refractivity contribution in [3.63, 3.8) is 0 Å². The SMILES string of the molecule is COc1ccc2c(c1)CN(CC(=O)NC(C)c1ccc(Cl)cc1)CC2. The van der Waals surface area contributed by atoms with Crippen LogP contribution in [-0.4, -0.2) is 31.0 Å². The lowest BCUT2D eigenvalue weighted by Crippen LogP contribution is -2.40. The Bertz CT molecular complexity index is 746. The van der Waals surface area contributed by atoms with Crippen LogP contribution in [0.15, 0.2) is 42.5 Å².